The van der Waals surface area contributed by atoms with Gasteiger partial charge >= 0.3 is 0 Å². The Hall–Kier alpha value is -1.24. The monoisotopic (exact) mass is 148 g/mol. The topological polar surface area (TPSA) is 13.1 Å². The molecule has 11 heavy (non-hydrogen) atoms. The lowest BCUT2D eigenvalue weighted by molar-refractivity contribution is 0.532. The van der Waals surface area contributed by atoms with Crippen LogP contribution in [0.1, 0.15) is 16.9 Å². The van der Waals surface area contributed by atoms with Crippen molar-refractivity contribution in [3.63, 3.8) is 0 Å². The molecule has 0 aliphatic carbocycles. The van der Waals surface area contributed by atoms with Crippen molar-refractivity contribution in [3.05, 3.63) is 41.9 Å². The molecule has 0 saturated carbocycles. The summed E-state index contributed by atoms with van der Waals surface area (Å²) in [5.41, 5.74) is 2.32. The minimum absolute atomic E-state index is 0.959. The zero-order chi connectivity index (χ0) is 8.27. The fourth-order valence-electron chi connectivity index (χ4n) is 0.994. The highest BCUT2D eigenvalue weighted by atomic mass is 16.3. The smallest absolute Gasteiger partial charge is 0.108 e. The van der Waals surface area contributed by atoms with Gasteiger partial charge in [0.05, 0.1) is 6.26 Å². The molecular formula is C10H12O. The molecule has 1 nitrogen and oxygen atoms in total. The number of aryl methyl sites for hydroxylation is 2. The molecule has 0 bridgehead atoms. The van der Waals surface area contributed by atoms with Gasteiger partial charge in [-0.15, -0.1) is 0 Å². The first-order valence-corrected chi connectivity index (χ1v) is 3.59. The van der Waals surface area contributed by atoms with Crippen molar-refractivity contribution in [1.29, 1.82) is 0 Å². The van der Waals surface area contributed by atoms with Gasteiger partial charge in [0.15, 0.2) is 0 Å². The summed E-state index contributed by atoms with van der Waals surface area (Å²) in [6.07, 6.45) is 7.43. The fourth-order valence-corrected chi connectivity index (χ4v) is 0.994. The Labute approximate surface area is 67.0 Å². The van der Waals surface area contributed by atoms with Crippen LogP contribution in [0, 0.1) is 13.8 Å². The summed E-state index contributed by atoms with van der Waals surface area (Å²) in [4.78, 5) is 0. The minimum Gasteiger partial charge on any atom is -0.469 e. The number of hydrogen-bond donors (Lipinski definition) is 0. The second-order valence-electron chi connectivity index (χ2n) is 2.48. The molecular weight excluding hydrogens is 136 g/mol. The lowest BCUT2D eigenvalue weighted by Crippen LogP contribution is -1.73. The van der Waals surface area contributed by atoms with Crippen molar-refractivity contribution < 1.29 is 4.42 Å². The summed E-state index contributed by atoms with van der Waals surface area (Å²) in [5, 5.41) is 0. The van der Waals surface area contributed by atoms with Crippen LogP contribution in [0.15, 0.2) is 29.4 Å². The summed E-state index contributed by atoms with van der Waals surface area (Å²) in [6, 6.07) is 0. The molecule has 0 spiro atoms. The van der Waals surface area contributed by atoms with Crippen molar-refractivity contribution in [3.8, 4) is 0 Å². The number of hydrogen-bond acceptors (Lipinski definition) is 1. The first-order valence-electron chi connectivity index (χ1n) is 3.59. The number of rotatable bonds is 2. The Morgan fingerprint density at radius 3 is 2.64 bits per heavy atom. The lowest BCUT2D eigenvalue weighted by Gasteiger charge is -1.88. The van der Waals surface area contributed by atoms with Crippen molar-refractivity contribution in [1.82, 2.24) is 0 Å². The van der Waals surface area contributed by atoms with E-state index in [9.17, 15) is 0 Å². The van der Waals surface area contributed by atoms with E-state index in [1.807, 2.05) is 26.0 Å². The van der Waals surface area contributed by atoms with Crippen LogP contribution in [-0.2, 0) is 0 Å². The second-order valence-corrected chi connectivity index (χ2v) is 2.48. The molecule has 0 aliphatic rings. The maximum absolute atomic E-state index is 5.21. The molecule has 0 unspecified atom stereocenters. The standard InChI is InChI=1S/C10H12O/c1-4-5-6-10-8(2)7-11-9(10)3/h4-7H,1H2,2-3H3/b6-5-. The second kappa shape index (κ2) is 3.24. The Morgan fingerprint density at radius 2 is 2.18 bits per heavy atom. The summed E-state index contributed by atoms with van der Waals surface area (Å²) >= 11 is 0. The van der Waals surface area contributed by atoms with Crippen molar-refractivity contribution in [2.75, 3.05) is 0 Å². The van der Waals surface area contributed by atoms with E-state index in [-0.39, 0.29) is 0 Å². The Morgan fingerprint density at radius 1 is 1.45 bits per heavy atom. The van der Waals surface area contributed by atoms with Gasteiger partial charge in [0.1, 0.15) is 5.76 Å². The van der Waals surface area contributed by atoms with Crippen LogP contribution in [0.5, 0.6) is 0 Å². The lowest BCUT2D eigenvalue weighted by atomic mass is 10.1. The Balaban J connectivity index is 3.00. The maximum atomic E-state index is 5.21. The quantitative estimate of drug-likeness (QED) is 0.587. The number of furan rings is 1. The van der Waals surface area contributed by atoms with E-state index in [1.165, 1.54) is 5.56 Å². The van der Waals surface area contributed by atoms with Crippen molar-refractivity contribution in [2.24, 2.45) is 0 Å². The van der Waals surface area contributed by atoms with Crippen molar-refractivity contribution >= 4 is 6.08 Å². The number of allylic oxidation sites excluding steroid dienone is 2. The average Bonchev–Trinajstić information content (AvgIpc) is 2.29. The van der Waals surface area contributed by atoms with E-state index in [0.29, 0.717) is 0 Å². The van der Waals surface area contributed by atoms with Crippen LogP contribution in [0.3, 0.4) is 0 Å². The molecule has 0 radical (unpaired) electrons. The van der Waals surface area contributed by atoms with Gasteiger partial charge in [0.2, 0.25) is 0 Å². The molecule has 1 heterocycles. The first-order chi connectivity index (χ1) is 5.25. The van der Waals surface area contributed by atoms with Gasteiger partial charge in [-0.25, -0.2) is 0 Å². The summed E-state index contributed by atoms with van der Waals surface area (Å²) in [5.74, 6) is 0.959. The molecule has 0 aromatic carbocycles. The molecule has 58 valence electrons. The first kappa shape index (κ1) is 7.86. The van der Waals surface area contributed by atoms with Crippen LogP contribution in [-0.4, -0.2) is 0 Å². The largest absolute Gasteiger partial charge is 0.469 e. The molecule has 0 atom stereocenters. The van der Waals surface area contributed by atoms with E-state index in [4.69, 9.17) is 4.42 Å². The van der Waals surface area contributed by atoms with Crippen molar-refractivity contribution in [2.45, 2.75) is 13.8 Å². The van der Waals surface area contributed by atoms with E-state index in [1.54, 1.807) is 12.3 Å². The minimum atomic E-state index is 0.959. The van der Waals surface area contributed by atoms with Gasteiger partial charge < -0.3 is 4.42 Å². The van der Waals surface area contributed by atoms with E-state index in [0.717, 1.165) is 11.3 Å². The SMILES string of the molecule is C=C/C=C\c1c(C)coc1C. The molecule has 1 aromatic heterocycles. The highest BCUT2D eigenvalue weighted by molar-refractivity contribution is 5.56. The van der Waals surface area contributed by atoms with Gasteiger partial charge in [-0.05, 0) is 19.4 Å². The zero-order valence-electron chi connectivity index (χ0n) is 6.92. The van der Waals surface area contributed by atoms with Crippen LogP contribution in [0.25, 0.3) is 6.08 Å². The normalized spacial score (nSPS) is 10.7. The summed E-state index contributed by atoms with van der Waals surface area (Å²) in [6.45, 7) is 7.58. The van der Waals surface area contributed by atoms with Crippen LogP contribution >= 0.6 is 0 Å². The van der Waals surface area contributed by atoms with Crippen LogP contribution < -0.4 is 0 Å². The molecule has 1 aromatic rings. The fraction of sp³-hybridized carbons (Fsp3) is 0.200. The predicted octanol–water partition coefficient (Wildman–Crippen LogP) is 3.10. The molecule has 0 amide bonds. The highest BCUT2D eigenvalue weighted by Gasteiger charge is 2.00. The third kappa shape index (κ3) is 1.61. The molecule has 0 saturated heterocycles. The highest BCUT2D eigenvalue weighted by Crippen LogP contribution is 2.16. The molecule has 1 heteroatoms. The van der Waals surface area contributed by atoms with Crippen LogP contribution in [0.2, 0.25) is 0 Å². The molecule has 1 rings (SSSR count). The van der Waals surface area contributed by atoms with E-state index >= 15 is 0 Å². The molecule has 0 aliphatic heterocycles. The van der Waals surface area contributed by atoms with Gasteiger partial charge in [-0.3, -0.25) is 0 Å². The maximum Gasteiger partial charge on any atom is 0.108 e. The van der Waals surface area contributed by atoms with E-state index < -0.39 is 0 Å². The van der Waals surface area contributed by atoms with Gasteiger partial charge in [-0.1, -0.05) is 24.8 Å². The average molecular weight is 148 g/mol. The predicted molar refractivity (Wildman–Crippen MR) is 47.4 cm³/mol. The molecule has 0 N–H and O–H groups in total. The van der Waals surface area contributed by atoms with Gasteiger partial charge in [0.25, 0.3) is 0 Å². The Bertz CT molecular complexity index is 260. The third-order valence-electron chi connectivity index (χ3n) is 1.62. The van der Waals surface area contributed by atoms with Gasteiger partial charge in [-0.2, -0.15) is 0 Å². The summed E-state index contributed by atoms with van der Waals surface area (Å²) in [7, 11) is 0. The van der Waals surface area contributed by atoms with Gasteiger partial charge in [0, 0.05) is 5.56 Å². The Kier molecular flexibility index (Phi) is 2.32. The van der Waals surface area contributed by atoms with Crippen LogP contribution in [0.4, 0.5) is 0 Å². The van der Waals surface area contributed by atoms with E-state index in [2.05, 4.69) is 6.58 Å². The molecule has 0 fully saturated rings. The zero-order valence-corrected chi connectivity index (χ0v) is 6.92. The summed E-state index contributed by atoms with van der Waals surface area (Å²) < 4.78 is 5.21. The third-order valence-corrected chi connectivity index (χ3v) is 1.62.